The fraction of sp³-hybridized carbons (Fsp3) is 0.0667. The Balaban J connectivity index is 2.29. The first-order valence-corrected chi connectivity index (χ1v) is 6.81. The van der Waals surface area contributed by atoms with Crippen LogP contribution in [0.1, 0.15) is 11.1 Å². The number of benzene rings is 2. The number of amidine groups is 1. The molecule has 0 fully saturated rings. The molecule has 0 saturated heterocycles. The normalized spacial score (nSPS) is 13.8. The summed E-state index contributed by atoms with van der Waals surface area (Å²) in [5, 5.41) is 0.306. The third kappa shape index (κ3) is 2.47. The standard InChI is InChI=1S/C15H11ClF2N4/c16-8-3-1-6-11-13(8)15(20-7-12(21-11)22-19)14-9(17)4-2-5-10(14)18/h1-6H,7,19H2,(H,21,22). The van der Waals surface area contributed by atoms with Crippen LogP contribution in [0.2, 0.25) is 5.02 Å². The molecule has 0 saturated carbocycles. The molecule has 0 bridgehead atoms. The average Bonchev–Trinajstić information content (AvgIpc) is 2.68. The van der Waals surface area contributed by atoms with Crippen LogP contribution < -0.4 is 11.3 Å². The molecular formula is C15H11ClF2N4. The van der Waals surface area contributed by atoms with Crippen molar-refractivity contribution < 1.29 is 8.78 Å². The molecule has 0 atom stereocenters. The Labute approximate surface area is 130 Å². The van der Waals surface area contributed by atoms with Crippen molar-refractivity contribution >= 4 is 28.8 Å². The second-order valence-corrected chi connectivity index (χ2v) is 5.01. The molecule has 1 aliphatic rings. The van der Waals surface area contributed by atoms with Crippen molar-refractivity contribution in [2.75, 3.05) is 6.54 Å². The predicted molar refractivity (Wildman–Crippen MR) is 82.7 cm³/mol. The van der Waals surface area contributed by atoms with Gasteiger partial charge in [0.15, 0.2) is 0 Å². The van der Waals surface area contributed by atoms with Crippen LogP contribution in [-0.4, -0.2) is 18.1 Å². The minimum atomic E-state index is -0.714. The van der Waals surface area contributed by atoms with Crippen molar-refractivity contribution in [1.82, 2.24) is 5.43 Å². The van der Waals surface area contributed by atoms with Gasteiger partial charge in [0.05, 0.1) is 28.5 Å². The van der Waals surface area contributed by atoms with E-state index in [1.165, 1.54) is 18.2 Å². The minimum Gasteiger partial charge on any atom is -0.310 e. The smallest absolute Gasteiger partial charge is 0.138 e. The lowest BCUT2D eigenvalue weighted by atomic mass is 9.99. The summed E-state index contributed by atoms with van der Waals surface area (Å²) in [5.41, 5.74) is 3.12. The van der Waals surface area contributed by atoms with Gasteiger partial charge in [0.25, 0.3) is 0 Å². The lowest BCUT2D eigenvalue weighted by molar-refractivity contribution is 0.579. The van der Waals surface area contributed by atoms with Crippen LogP contribution in [0, 0.1) is 11.6 Å². The first-order valence-electron chi connectivity index (χ1n) is 6.43. The van der Waals surface area contributed by atoms with Crippen molar-refractivity contribution in [3.05, 3.63) is 64.2 Å². The zero-order chi connectivity index (χ0) is 15.7. The predicted octanol–water partition coefficient (Wildman–Crippen LogP) is 2.96. The summed E-state index contributed by atoms with van der Waals surface area (Å²) in [7, 11) is 0. The maximum Gasteiger partial charge on any atom is 0.138 e. The minimum absolute atomic E-state index is 0.0601. The number of nitrogens with zero attached hydrogens (tertiary/aromatic N) is 2. The molecule has 0 amide bonds. The Morgan fingerprint density at radius 1 is 1.05 bits per heavy atom. The zero-order valence-corrected chi connectivity index (χ0v) is 12.0. The van der Waals surface area contributed by atoms with Gasteiger partial charge in [-0.1, -0.05) is 23.7 Å². The van der Waals surface area contributed by atoms with Crippen molar-refractivity contribution in [1.29, 1.82) is 0 Å². The van der Waals surface area contributed by atoms with Crippen molar-refractivity contribution in [3.63, 3.8) is 0 Å². The molecule has 0 aliphatic carbocycles. The highest BCUT2D eigenvalue weighted by Crippen LogP contribution is 2.32. The van der Waals surface area contributed by atoms with E-state index in [1.54, 1.807) is 18.2 Å². The summed E-state index contributed by atoms with van der Waals surface area (Å²) in [6.45, 7) is 0.0601. The van der Waals surface area contributed by atoms with E-state index in [9.17, 15) is 8.78 Å². The van der Waals surface area contributed by atoms with Gasteiger partial charge in [-0.05, 0) is 24.3 Å². The third-order valence-electron chi connectivity index (χ3n) is 3.24. The monoisotopic (exact) mass is 320 g/mol. The molecule has 2 aromatic carbocycles. The molecule has 22 heavy (non-hydrogen) atoms. The number of fused-ring (bicyclic) bond motifs is 1. The van der Waals surface area contributed by atoms with Gasteiger partial charge in [0, 0.05) is 5.56 Å². The van der Waals surface area contributed by atoms with Crippen LogP contribution in [-0.2, 0) is 0 Å². The topological polar surface area (TPSA) is 62.8 Å². The zero-order valence-electron chi connectivity index (χ0n) is 11.3. The number of aliphatic imine (C=N–C) groups is 2. The van der Waals surface area contributed by atoms with E-state index in [2.05, 4.69) is 15.4 Å². The van der Waals surface area contributed by atoms with Gasteiger partial charge in [0.2, 0.25) is 0 Å². The van der Waals surface area contributed by atoms with E-state index < -0.39 is 11.6 Å². The van der Waals surface area contributed by atoms with Gasteiger partial charge in [-0.2, -0.15) is 0 Å². The van der Waals surface area contributed by atoms with Crippen LogP contribution in [0.5, 0.6) is 0 Å². The maximum absolute atomic E-state index is 14.1. The van der Waals surface area contributed by atoms with Crippen LogP contribution >= 0.6 is 11.6 Å². The van der Waals surface area contributed by atoms with Crippen LogP contribution in [0.4, 0.5) is 14.5 Å². The summed E-state index contributed by atoms with van der Waals surface area (Å²) in [5.74, 6) is 4.32. The summed E-state index contributed by atoms with van der Waals surface area (Å²) in [6.07, 6.45) is 0. The molecule has 1 aliphatic heterocycles. The van der Waals surface area contributed by atoms with Gasteiger partial charge in [0.1, 0.15) is 17.5 Å². The van der Waals surface area contributed by atoms with Crippen molar-refractivity contribution in [2.24, 2.45) is 15.8 Å². The number of nitrogens with two attached hydrogens (primary N) is 1. The van der Waals surface area contributed by atoms with E-state index >= 15 is 0 Å². The molecule has 4 nitrogen and oxygen atoms in total. The van der Waals surface area contributed by atoms with Crippen LogP contribution in [0.25, 0.3) is 0 Å². The van der Waals surface area contributed by atoms with E-state index in [0.29, 0.717) is 22.1 Å². The second-order valence-electron chi connectivity index (χ2n) is 4.60. The van der Waals surface area contributed by atoms with E-state index in [1.807, 2.05) is 0 Å². The number of nitrogens with one attached hydrogen (secondary N) is 1. The Bertz CT molecular complexity index is 782. The molecule has 0 aromatic heterocycles. The Morgan fingerprint density at radius 3 is 2.41 bits per heavy atom. The second kappa shape index (κ2) is 5.82. The first kappa shape index (κ1) is 14.6. The average molecular weight is 321 g/mol. The molecule has 0 unspecified atom stereocenters. The lowest BCUT2D eigenvalue weighted by Crippen LogP contribution is -2.32. The Morgan fingerprint density at radius 2 is 1.73 bits per heavy atom. The molecule has 0 radical (unpaired) electrons. The number of hydrogen-bond donors (Lipinski definition) is 2. The molecule has 3 N–H and O–H groups in total. The number of hydrazine groups is 1. The van der Waals surface area contributed by atoms with Gasteiger partial charge < -0.3 is 5.43 Å². The third-order valence-corrected chi connectivity index (χ3v) is 3.55. The van der Waals surface area contributed by atoms with E-state index in [4.69, 9.17) is 17.4 Å². The SMILES string of the molecule is NNC1=Nc2cccc(Cl)c2C(c2c(F)cccc2F)=NC1. The highest BCUT2D eigenvalue weighted by Gasteiger charge is 2.23. The fourth-order valence-corrected chi connectivity index (χ4v) is 2.52. The summed E-state index contributed by atoms with van der Waals surface area (Å²) in [4.78, 5) is 8.54. The summed E-state index contributed by atoms with van der Waals surface area (Å²) < 4.78 is 28.3. The van der Waals surface area contributed by atoms with Gasteiger partial charge in [-0.25, -0.2) is 19.6 Å². The number of halogens is 3. The van der Waals surface area contributed by atoms with Crippen LogP contribution in [0.15, 0.2) is 46.4 Å². The molecule has 7 heteroatoms. The molecule has 2 aromatic rings. The highest BCUT2D eigenvalue weighted by atomic mass is 35.5. The Hall–Kier alpha value is -2.31. The van der Waals surface area contributed by atoms with Crippen LogP contribution in [0.3, 0.4) is 0 Å². The quantitative estimate of drug-likeness (QED) is 0.627. The van der Waals surface area contributed by atoms with E-state index in [-0.39, 0.29) is 17.8 Å². The lowest BCUT2D eigenvalue weighted by Gasteiger charge is -2.11. The molecule has 1 heterocycles. The van der Waals surface area contributed by atoms with Gasteiger partial charge >= 0.3 is 0 Å². The van der Waals surface area contributed by atoms with Crippen molar-refractivity contribution in [3.8, 4) is 0 Å². The largest absolute Gasteiger partial charge is 0.310 e. The highest BCUT2D eigenvalue weighted by molar-refractivity contribution is 6.36. The Kier molecular flexibility index (Phi) is 3.87. The van der Waals surface area contributed by atoms with E-state index in [0.717, 1.165) is 0 Å². The first-order chi connectivity index (χ1) is 10.6. The molecule has 0 spiro atoms. The summed E-state index contributed by atoms with van der Waals surface area (Å²) in [6, 6.07) is 8.63. The fourth-order valence-electron chi connectivity index (χ4n) is 2.26. The van der Waals surface area contributed by atoms with Crippen molar-refractivity contribution in [2.45, 2.75) is 0 Å². The molecular weight excluding hydrogens is 310 g/mol. The maximum atomic E-state index is 14.1. The summed E-state index contributed by atoms with van der Waals surface area (Å²) >= 11 is 6.21. The number of rotatable bonds is 1. The molecule has 3 rings (SSSR count). The molecule has 112 valence electrons. The van der Waals surface area contributed by atoms with Gasteiger partial charge in [-0.15, -0.1) is 0 Å². The number of hydrogen-bond acceptors (Lipinski definition) is 4. The van der Waals surface area contributed by atoms with Gasteiger partial charge in [-0.3, -0.25) is 4.99 Å².